The lowest BCUT2D eigenvalue weighted by Crippen LogP contribution is -2.50. The van der Waals surface area contributed by atoms with Crippen molar-refractivity contribution in [2.24, 2.45) is 0 Å². The minimum absolute atomic E-state index is 0.00871. The van der Waals surface area contributed by atoms with Gasteiger partial charge in [-0.25, -0.2) is 55.9 Å². The highest BCUT2D eigenvalue weighted by Crippen LogP contribution is 2.37. The number of aromatic nitrogens is 2. The molecule has 2 aliphatic rings. The average Bonchev–Trinajstić information content (AvgIpc) is 0.842. The Balaban J connectivity index is 0.000000204. The summed E-state index contributed by atoms with van der Waals surface area (Å²) in [6, 6.07) is 60.4. The molecule has 0 saturated carbocycles. The minimum Gasteiger partial charge on any atom is -0.444 e. The summed E-state index contributed by atoms with van der Waals surface area (Å²) >= 11 is 3.13. The van der Waals surface area contributed by atoms with E-state index in [2.05, 4.69) is 68.0 Å². The molecule has 0 atom stereocenters. The van der Waals surface area contributed by atoms with Crippen LogP contribution in [0, 0.1) is 49.3 Å². The van der Waals surface area contributed by atoms with Crippen molar-refractivity contribution in [2.45, 2.75) is 132 Å². The number of nitrogens with zero attached hydrogens (tertiary/aromatic N) is 7. The molecule has 13 N–H and O–H groups in total. The summed E-state index contributed by atoms with van der Waals surface area (Å²) in [4.78, 5) is 122. The number of anilines is 10. The maximum Gasteiger partial charge on any atom is 0.488 e. The number of benzene rings is 10. The number of piperazine rings is 2. The van der Waals surface area contributed by atoms with Crippen LogP contribution in [-0.4, -0.2) is 165 Å². The van der Waals surface area contributed by atoms with Crippen molar-refractivity contribution in [2.75, 3.05) is 106 Å². The van der Waals surface area contributed by atoms with E-state index in [1.807, 2.05) is 31.7 Å². The molecule has 7 amide bonds. The van der Waals surface area contributed by atoms with Gasteiger partial charge in [-0.2, -0.15) is 0 Å². The van der Waals surface area contributed by atoms with E-state index in [1.54, 1.807) is 222 Å². The number of nitro benzene ring substituents is 2. The van der Waals surface area contributed by atoms with E-state index >= 15 is 0 Å². The summed E-state index contributed by atoms with van der Waals surface area (Å²) in [6.45, 7) is 32.1. The number of hydrogen-bond acceptors (Lipinski definition) is 25. The monoisotopic (exact) mass is 2070 g/mol. The van der Waals surface area contributed by atoms with Crippen LogP contribution < -0.4 is 63.9 Å². The fourth-order valence-corrected chi connectivity index (χ4v) is 13.9. The summed E-state index contributed by atoms with van der Waals surface area (Å²) in [5, 5.41) is 58.1. The molecule has 0 spiro atoms. The predicted octanol–water partition coefficient (Wildman–Crippen LogP) is 22.1. The quantitative estimate of drug-likeness (QED) is 0.0101. The molecule has 146 heavy (non-hydrogen) atoms. The first-order chi connectivity index (χ1) is 68.5. The molecule has 2 fully saturated rings. The van der Waals surface area contributed by atoms with E-state index in [0.717, 1.165) is 54.8 Å². The van der Waals surface area contributed by atoms with Crippen molar-refractivity contribution >= 4 is 139 Å². The molecule has 2 aromatic heterocycles. The molecule has 14 rings (SSSR count). The number of hydrogen-bond donors (Lipinski definition) is 11. The standard InChI is InChI=1S/C32H38FN5O5.C22H22FN5O.C17H17FN2O4.C17H19FN2O2.C11H13BrN2O4.C6H6BFO2/c1-31(2,3)42-29(40)36-25-12-10-22(21-8-7-9-24(33)18-21)19-26(25)35-28(39)23-11-13-27(34-20-23)37-14-16-38(17-15-37)30(41)43-32(4,5)6;23-18-3-1-2-15(12-18)16-4-6-19(24)20(13-16)27-22(29)17-5-7-21(26-14-17)28-10-8-25-9-11-28;1-17(2,3)24-16(21)19-14-8-7-12(10-15(14)20(22)23)11-5-4-6-13(18)9-11;1-17(2,3)22-16(21)20-15-8-7-12(10-14(15)19)11-5-4-6-13(18)9-11;1-11(2,3)18-10(15)13-8-5-4-7(12)6-9(8)14(16)17;8-6-3-1-2-5(4-6)7(9)10/h7-13,18-20H,14-17H2,1-6H3,(H,35,39)(H,36,40);1-7,12-14,25H,8-11,24H2,(H,27,29);4-10H,1-3H3,(H,19,21);4-10H,19H2,1-3H3,(H,20,21);4-6H,1-3H3,(H,13,15);1-4,9-10H. The summed E-state index contributed by atoms with van der Waals surface area (Å²) in [6.07, 6.45) is -0.0649. The molecule has 12 aromatic rings. The Bertz CT molecular complexity index is 6610. The van der Waals surface area contributed by atoms with Crippen LogP contribution >= 0.6 is 15.9 Å². The lowest BCUT2D eigenvalue weighted by molar-refractivity contribution is -0.384. The lowest BCUT2D eigenvalue weighted by atomic mass is 9.80. The first-order valence-electron chi connectivity index (χ1n) is 45.6. The molecule has 2 aliphatic heterocycles. The highest BCUT2D eigenvalue weighted by molar-refractivity contribution is 9.10. The molecule has 0 unspecified atom stereocenters. The van der Waals surface area contributed by atoms with Gasteiger partial charge in [0.25, 0.3) is 23.2 Å². The first kappa shape index (κ1) is 113. The van der Waals surface area contributed by atoms with E-state index in [1.165, 1.54) is 103 Å². The number of rotatable bonds is 17. The number of pyridine rings is 2. The smallest absolute Gasteiger partial charge is 0.444 e. The maximum absolute atomic E-state index is 13.9. The van der Waals surface area contributed by atoms with Gasteiger partial charge in [-0.1, -0.05) is 101 Å². The fraction of sp³-hybridized carbons (Fsp3) is 0.267. The summed E-state index contributed by atoms with van der Waals surface area (Å²) in [5.74, 6) is -1.14. The number of carbonyl (C=O) groups excluding carboxylic acids is 7. The normalized spacial score (nSPS) is 12.3. The second-order valence-electron chi connectivity index (χ2n) is 37.7. The van der Waals surface area contributed by atoms with Crippen molar-refractivity contribution in [3.05, 3.63) is 314 Å². The number of nitrogens with one attached hydrogen (secondary N) is 7. The van der Waals surface area contributed by atoms with E-state index in [0.29, 0.717) is 110 Å². The van der Waals surface area contributed by atoms with Gasteiger partial charge in [-0.15, -0.1) is 0 Å². The molecule has 10 aromatic carbocycles. The zero-order valence-electron chi connectivity index (χ0n) is 82.9. The minimum atomic E-state index is -1.59. The molecule has 34 nitrogen and oxygen atoms in total. The van der Waals surface area contributed by atoms with E-state index < -0.39 is 92.7 Å². The zero-order valence-corrected chi connectivity index (χ0v) is 84.5. The second-order valence-corrected chi connectivity index (χ2v) is 38.6. The van der Waals surface area contributed by atoms with Crippen molar-refractivity contribution in [3.8, 4) is 44.5 Å². The van der Waals surface area contributed by atoms with Gasteiger partial charge in [0.1, 0.15) is 80.1 Å². The zero-order chi connectivity index (χ0) is 107. The summed E-state index contributed by atoms with van der Waals surface area (Å²) < 4.78 is 93.0. The number of ether oxygens (including phenoxy) is 5. The maximum atomic E-state index is 13.9. The Hall–Kier alpha value is -16.1. The van der Waals surface area contributed by atoms with E-state index in [4.69, 9.17) is 45.2 Å². The van der Waals surface area contributed by atoms with E-state index in [9.17, 15) is 75.7 Å². The molecule has 0 radical (unpaired) electrons. The Labute approximate surface area is 849 Å². The SMILES string of the molecule is CC(C)(C)OC(=O)Nc1ccc(-c2cccc(F)c2)cc1N.CC(C)(C)OC(=O)Nc1ccc(-c2cccc(F)c2)cc1NC(=O)c1ccc(N2CCN(C(=O)OC(C)(C)C)CC2)nc1.CC(C)(C)OC(=O)Nc1ccc(-c2cccc(F)c2)cc1[N+](=O)[O-].CC(C)(C)OC(=O)Nc1ccc(Br)cc1[N+](=O)[O-].Nc1ccc(-c2cccc(F)c2)cc1NC(=O)c1ccc(N2CCNCC2)nc1.OB(O)c1cccc(F)c1. The molecular weight excluding hydrogens is 1960 g/mol. The van der Waals surface area contributed by atoms with Gasteiger partial charge in [0.2, 0.25) is 0 Å². The Kier molecular flexibility index (Phi) is 39.8. The lowest BCUT2D eigenvalue weighted by Gasteiger charge is -2.36. The third-order valence-electron chi connectivity index (χ3n) is 20.0. The molecule has 768 valence electrons. The number of nitrogens with two attached hydrogens (primary N) is 2. The van der Waals surface area contributed by atoms with Gasteiger partial charge in [-0.3, -0.25) is 51.1 Å². The summed E-state index contributed by atoms with van der Waals surface area (Å²) in [5.41, 5.74) is 16.8. The number of nitrogen functional groups attached to an aromatic ring is 2. The molecule has 0 bridgehead atoms. The van der Waals surface area contributed by atoms with Gasteiger partial charge in [0, 0.05) is 81.4 Å². The highest BCUT2D eigenvalue weighted by Gasteiger charge is 2.30. The molecule has 2 saturated heterocycles. The largest absolute Gasteiger partial charge is 0.488 e. The van der Waals surface area contributed by atoms with Crippen LogP contribution in [0.3, 0.4) is 0 Å². The van der Waals surface area contributed by atoms with Crippen LogP contribution in [0.25, 0.3) is 44.5 Å². The van der Waals surface area contributed by atoms with Crippen LogP contribution in [-0.2, 0) is 23.7 Å². The number of amides is 7. The highest BCUT2D eigenvalue weighted by atomic mass is 79.9. The Morgan fingerprint density at radius 2 is 0.705 bits per heavy atom. The first-order valence-corrected chi connectivity index (χ1v) is 46.4. The van der Waals surface area contributed by atoms with Crippen molar-refractivity contribution < 1.29 is 99.1 Å². The summed E-state index contributed by atoms with van der Waals surface area (Å²) in [7, 11) is -1.59. The van der Waals surface area contributed by atoms with Gasteiger partial charge in [-0.05, 0) is 293 Å². The van der Waals surface area contributed by atoms with Crippen LogP contribution in [0.4, 0.5) is 114 Å². The number of carbonyl (C=O) groups is 7. The molecular formula is C105H115BBrF5N16O18. The molecule has 41 heteroatoms. The van der Waals surface area contributed by atoms with Crippen LogP contribution in [0.5, 0.6) is 0 Å². The third kappa shape index (κ3) is 37.6. The Morgan fingerprint density at radius 1 is 0.370 bits per heavy atom. The predicted molar refractivity (Wildman–Crippen MR) is 559 cm³/mol. The molecule has 4 heterocycles. The van der Waals surface area contributed by atoms with Crippen LogP contribution in [0.1, 0.15) is 125 Å². The van der Waals surface area contributed by atoms with Gasteiger partial charge >= 0.3 is 37.6 Å². The van der Waals surface area contributed by atoms with Gasteiger partial charge < -0.3 is 75.8 Å². The van der Waals surface area contributed by atoms with Crippen molar-refractivity contribution in [3.63, 3.8) is 0 Å². The third-order valence-corrected chi connectivity index (χ3v) is 20.5. The Morgan fingerprint density at radius 3 is 1.08 bits per heavy atom. The second kappa shape index (κ2) is 51.2. The van der Waals surface area contributed by atoms with Crippen molar-refractivity contribution in [1.82, 2.24) is 20.2 Å². The number of halogens is 6. The topological polar surface area (TPSA) is 464 Å². The fourth-order valence-electron chi connectivity index (χ4n) is 13.5. The van der Waals surface area contributed by atoms with Crippen LogP contribution in [0.2, 0.25) is 0 Å². The average molecular weight is 2070 g/mol. The van der Waals surface area contributed by atoms with Gasteiger partial charge in [0.15, 0.2) is 0 Å². The van der Waals surface area contributed by atoms with Crippen molar-refractivity contribution in [1.29, 1.82) is 0 Å². The number of nitro groups is 2. The van der Waals surface area contributed by atoms with Crippen LogP contribution in [0.15, 0.2) is 253 Å². The van der Waals surface area contributed by atoms with Gasteiger partial charge in [0.05, 0.1) is 55.1 Å². The van der Waals surface area contributed by atoms with E-state index in [-0.39, 0.29) is 51.8 Å². The molecule has 0 aliphatic carbocycles.